The van der Waals surface area contributed by atoms with Crippen LogP contribution >= 0.6 is 0 Å². The maximum atomic E-state index is 12.9. The Hall–Kier alpha value is -3.04. The van der Waals surface area contributed by atoms with Crippen molar-refractivity contribution in [2.24, 2.45) is 0 Å². The fourth-order valence-corrected chi connectivity index (χ4v) is 4.26. The number of hydrogen-bond donors (Lipinski definition) is 1. The van der Waals surface area contributed by atoms with Gasteiger partial charge in [-0.3, -0.25) is 4.79 Å². The van der Waals surface area contributed by atoms with E-state index in [0.717, 1.165) is 21.5 Å². The first-order valence-electron chi connectivity index (χ1n) is 9.26. The van der Waals surface area contributed by atoms with Gasteiger partial charge in [-0.2, -0.15) is 0 Å². The van der Waals surface area contributed by atoms with Gasteiger partial charge in [-0.1, -0.05) is 0 Å². The van der Waals surface area contributed by atoms with Crippen molar-refractivity contribution in [1.29, 1.82) is 0 Å². The number of benzene rings is 1. The lowest BCUT2D eigenvalue weighted by atomic mass is 10.2. The third-order valence-electron chi connectivity index (χ3n) is 4.89. The normalized spacial score (nSPS) is 11.7. The first kappa shape index (κ1) is 21.7. The van der Waals surface area contributed by atoms with Gasteiger partial charge >= 0.3 is 0 Å². The van der Waals surface area contributed by atoms with Crippen molar-refractivity contribution in [1.82, 2.24) is 8.87 Å². The number of anilines is 1. The van der Waals surface area contributed by atoms with Gasteiger partial charge in [-0.15, -0.1) is 0 Å². The molecule has 0 saturated heterocycles. The highest BCUT2D eigenvalue weighted by Gasteiger charge is 2.23. The van der Waals surface area contributed by atoms with Crippen LogP contribution in [0.5, 0.6) is 5.75 Å². The Labute approximate surface area is 176 Å². The SMILES string of the molecule is COc1ccc(NC(=O)c2cc(C)n(Cc3ccco3)c2C)cc1S(=O)(=O)N(C)C. The van der Waals surface area contributed by atoms with E-state index in [1.807, 2.05) is 30.5 Å². The van der Waals surface area contributed by atoms with Crippen LogP contribution in [0.3, 0.4) is 0 Å². The Morgan fingerprint density at radius 3 is 2.53 bits per heavy atom. The number of furan rings is 1. The molecule has 3 aromatic rings. The average molecular weight is 432 g/mol. The fraction of sp³-hybridized carbons (Fsp3) is 0.286. The second kappa shape index (κ2) is 8.37. The lowest BCUT2D eigenvalue weighted by molar-refractivity contribution is 0.102. The van der Waals surface area contributed by atoms with Crippen LogP contribution in [0, 0.1) is 13.8 Å². The molecule has 1 N–H and O–H groups in total. The number of methoxy groups -OCH3 is 1. The topological polar surface area (TPSA) is 93.8 Å². The Kier molecular flexibility index (Phi) is 6.04. The number of amides is 1. The summed E-state index contributed by atoms with van der Waals surface area (Å²) < 4.78 is 38.9. The molecule has 0 fully saturated rings. The number of hydrogen-bond acceptors (Lipinski definition) is 5. The van der Waals surface area contributed by atoms with Gasteiger partial charge in [0.2, 0.25) is 10.0 Å². The standard InChI is InChI=1S/C21H25N3O5S/c1-14-11-18(15(2)24(14)13-17-7-6-10-29-17)21(25)22-16-8-9-19(28-5)20(12-16)30(26,27)23(3)4/h6-12H,13H2,1-5H3,(H,22,25). The summed E-state index contributed by atoms with van der Waals surface area (Å²) in [5.74, 6) is 0.669. The molecule has 9 heteroatoms. The molecule has 0 bridgehead atoms. The van der Waals surface area contributed by atoms with Crippen LogP contribution in [0.15, 0.2) is 52.0 Å². The van der Waals surface area contributed by atoms with E-state index in [-0.39, 0.29) is 16.6 Å². The third kappa shape index (κ3) is 4.12. The van der Waals surface area contributed by atoms with Crippen LogP contribution in [-0.2, 0) is 16.6 Å². The van der Waals surface area contributed by atoms with Gasteiger partial charge in [-0.05, 0) is 50.2 Å². The summed E-state index contributed by atoms with van der Waals surface area (Å²) in [5, 5.41) is 2.79. The van der Waals surface area contributed by atoms with Crippen molar-refractivity contribution in [3.05, 3.63) is 65.4 Å². The number of nitrogens with one attached hydrogen (secondary N) is 1. The Bertz CT molecular complexity index is 1160. The third-order valence-corrected chi connectivity index (χ3v) is 6.73. The van der Waals surface area contributed by atoms with Crippen molar-refractivity contribution in [3.63, 3.8) is 0 Å². The molecule has 0 spiro atoms. The van der Waals surface area contributed by atoms with E-state index in [0.29, 0.717) is 17.8 Å². The zero-order chi connectivity index (χ0) is 22.1. The Balaban J connectivity index is 1.90. The van der Waals surface area contributed by atoms with Gasteiger partial charge in [0.05, 0.1) is 25.5 Å². The number of rotatable bonds is 7. The van der Waals surface area contributed by atoms with Crippen molar-refractivity contribution in [2.45, 2.75) is 25.3 Å². The summed E-state index contributed by atoms with van der Waals surface area (Å²) in [4.78, 5) is 12.9. The molecule has 8 nitrogen and oxygen atoms in total. The molecule has 1 aromatic carbocycles. The van der Waals surface area contributed by atoms with Crippen LogP contribution in [0.2, 0.25) is 0 Å². The molecule has 30 heavy (non-hydrogen) atoms. The largest absolute Gasteiger partial charge is 0.495 e. The van der Waals surface area contributed by atoms with Gasteiger partial charge in [0.15, 0.2) is 0 Å². The molecule has 2 aromatic heterocycles. The molecule has 160 valence electrons. The maximum Gasteiger partial charge on any atom is 0.257 e. The van der Waals surface area contributed by atoms with E-state index < -0.39 is 10.0 Å². The number of carbonyl (C=O) groups is 1. The van der Waals surface area contributed by atoms with E-state index >= 15 is 0 Å². The summed E-state index contributed by atoms with van der Waals surface area (Å²) in [6.07, 6.45) is 1.61. The number of carbonyl (C=O) groups excluding carboxylic acids is 1. The van der Waals surface area contributed by atoms with Crippen LogP contribution in [0.1, 0.15) is 27.5 Å². The molecule has 3 rings (SSSR count). The monoisotopic (exact) mass is 431 g/mol. The number of ether oxygens (including phenoxy) is 1. The number of aryl methyl sites for hydroxylation is 1. The van der Waals surface area contributed by atoms with Gasteiger partial charge < -0.3 is 19.0 Å². The summed E-state index contributed by atoms with van der Waals surface area (Å²) >= 11 is 0. The summed E-state index contributed by atoms with van der Waals surface area (Å²) in [6, 6.07) is 10.0. The van der Waals surface area contributed by atoms with Crippen molar-refractivity contribution in [3.8, 4) is 5.75 Å². The molecule has 0 aliphatic heterocycles. The van der Waals surface area contributed by atoms with Crippen LogP contribution in [0.4, 0.5) is 5.69 Å². The molecule has 2 heterocycles. The number of aromatic nitrogens is 1. The molecule has 0 saturated carbocycles. The Morgan fingerprint density at radius 2 is 1.93 bits per heavy atom. The van der Waals surface area contributed by atoms with Crippen molar-refractivity contribution < 1.29 is 22.4 Å². The minimum Gasteiger partial charge on any atom is -0.495 e. The Morgan fingerprint density at radius 1 is 1.20 bits per heavy atom. The molecule has 0 atom stereocenters. The second-order valence-electron chi connectivity index (χ2n) is 7.06. The maximum absolute atomic E-state index is 12.9. The van der Waals surface area contributed by atoms with E-state index in [4.69, 9.17) is 9.15 Å². The van der Waals surface area contributed by atoms with E-state index in [1.54, 1.807) is 18.4 Å². The van der Waals surface area contributed by atoms with Gasteiger partial charge in [0.25, 0.3) is 5.91 Å². The molecular formula is C21H25N3O5S. The van der Waals surface area contributed by atoms with E-state index in [1.165, 1.54) is 33.3 Å². The smallest absolute Gasteiger partial charge is 0.257 e. The predicted octanol–water partition coefficient (Wildman–Crippen LogP) is 3.26. The summed E-state index contributed by atoms with van der Waals surface area (Å²) in [7, 11) is 0.536. The zero-order valence-corrected chi connectivity index (χ0v) is 18.4. The molecule has 0 radical (unpaired) electrons. The average Bonchev–Trinajstić information content (AvgIpc) is 3.31. The van der Waals surface area contributed by atoms with Crippen molar-refractivity contribution >= 4 is 21.6 Å². The highest BCUT2D eigenvalue weighted by molar-refractivity contribution is 7.89. The highest BCUT2D eigenvalue weighted by Crippen LogP contribution is 2.29. The van der Waals surface area contributed by atoms with E-state index in [9.17, 15) is 13.2 Å². The first-order valence-corrected chi connectivity index (χ1v) is 10.7. The lowest BCUT2D eigenvalue weighted by Crippen LogP contribution is -2.23. The molecule has 1 amide bonds. The zero-order valence-electron chi connectivity index (χ0n) is 17.6. The van der Waals surface area contributed by atoms with Gasteiger partial charge in [0.1, 0.15) is 16.4 Å². The summed E-state index contributed by atoms with van der Waals surface area (Å²) in [5.41, 5.74) is 2.57. The fourth-order valence-electron chi connectivity index (χ4n) is 3.18. The number of sulfonamides is 1. The molecular weight excluding hydrogens is 406 g/mol. The van der Waals surface area contributed by atoms with Crippen molar-refractivity contribution in [2.75, 3.05) is 26.5 Å². The second-order valence-corrected chi connectivity index (χ2v) is 9.18. The lowest BCUT2D eigenvalue weighted by Gasteiger charge is -2.16. The quantitative estimate of drug-likeness (QED) is 0.620. The molecule has 0 aliphatic rings. The minimum absolute atomic E-state index is 0.0175. The van der Waals surface area contributed by atoms with Crippen LogP contribution in [-0.4, -0.2) is 44.4 Å². The van der Waals surface area contributed by atoms with Crippen LogP contribution < -0.4 is 10.1 Å². The number of nitrogens with zero attached hydrogens (tertiary/aromatic N) is 2. The van der Waals surface area contributed by atoms with Gasteiger partial charge in [0, 0.05) is 31.2 Å². The van der Waals surface area contributed by atoms with E-state index in [2.05, 4.69) is 5.32 Å². The highest BCUT2D eigenvalue weighted by atomic mass is 32.2. The minimum atomic E-state index is -3.74. The summed E-state index contributed by atoms with van der Waals surface area (Å²) in [6.45, 7) is 4.30. The predicted molar refractivity (Wildman–Crippen MR) is 114 cm³/mol. The molecule has 0 aliphatic carbocycles. The van der Waals surface area contributed by atoms with Gasteiger partial charge in [-0.25, -0.2) is 12.7 Å². The van der Waals surface area contributed by atoms with Crippen LogP contribution in [0.25, 0.3) is 0 Å². The first-order chi connectivity index (χ1) is 14.1. The molecule has 0 unspecified atom stereocenters.